The van der Waals surface area contributed by atoms with Crippen molar-refractivity contribution >= 4 is 29.0 Å². The van der Waals surface area contributed by atoms with Gasteiger partial charge in [-0.05, 0) is 66.7 Å². The van der Waals surface area contributed by atoms with Crippen LogP contribution >= 0.6 is 11.8 Å². The summed E-state index contributed by atoms with van der Waals surface area (Å²) in [6.07, 6.45) is 4.94. The Hall–Kier alpha value is -5.23. The lowest BCUT2D eigenvalue weighted by molar-refractivity contribution is -0.121. The Bertz CT molecular complexity index is 1810. The standard InChI is InChI=1S/C31H26N4O7S/c1-19-23(32-29(42-19)25-10-7-13-39-25)18-40-24-12-11-20(14-26(24)38-3)17-41-28-21(15-27-30(36)34(2)31(37)43-27)16-35(33-28)22-8-5-4-6-9-22/h4-16H,17-18H2,1-3H3. The number of oxazole rings is 1. The van der Waals surface area contributed by atoms with Crippen LogP contribution in [0.2, 0.25) is 0 Å². The molecule has 0 spiro atoms. The highest BCUT2D eigenvalue weighted by atomic mass is 32.2. The third-order valence-electron chi connectivity index (χ3n) is 6.59. The van der Waals surface area contributed by atoms with Gasteiger partial charge in [-0.25, -0.2) is 9.67 Å². The molecule has 3 aromatic heterocycles. The van der Waals surface area contributed by atoms with Crippen LogP contribution in [0.1, 0.15) is 22.6 Å². The van der Waals surface area contributed by atoms with Gasteiger partial charge in [0.05, 0.1) is 29.5 Å². The molecule has 1 aliphatic heterocycles. The van der Waals surface area contributed by atoms with Crippen LogP contribution in [0.25, 0.3) is 23.4 Å². The molecule has 5 aromatic rings. The number of hydrogen-bond acceptors (Lipinski definition) is 10. The zero-order valence-electron chi connectivity index (χ0n) is 23.5. The third kappa shape index (κ3) is 5.90. The summed E-state index contributed by atoms with van der Waals surface area (Å²) in [5, 5.41) is 4.27. The van der Waals surface area contributed by atoms with Gasteiger partial charge < -0.3 is 23.0 Å². The zero-order chi connectivity index (χ0) is 29.9. The molecule has 1 fully saturated rings. The molecule has 43 heavy (non-hydrogen) atoms. The van der Waals surface area contributed by atoms with Crippen LogP contribution in [-0.2, 0) is 18.0 Å². The number of aromatic nitrogens is 3. The fourth-order valence-electron chi connectivity index (χ4n) is 4.27. The fraction of sp³-hybridized carbons (Fsp3) is 0.161. The molecule has 0 saturated carbocycles. The Kier molecular flexibility index (Phi) is 7.75. The second-order valence-electron chi connectivity index (χ2n) is 9.47. The molecule has 218 valence electrons. The number of methoxy groups -OCH3 is 1. The van der Waals surface area contributed by atoms with Gasteiger partial charge in [-0.3, -0.25) is 14.5 Å². The van der Waals surface area contributed by atoms with Gasteiger partial charge in [-0.2, -0.15) is 0 Å². The lowest BCUT2D eigenvalue weighted by Crippen LogP contribution is -2.22. The summed E-state index contributed by atoms with van der Waals surface area (Å²) in [5.74, 6) is 2.53. The van der Waals surface area contributed by atoms with Gasteiger partial charge in [-0.1, -0.05) is 24.3 Å². The number of amides is 2. The molecule has 1 aliphatic rings. The first kappa shape index (κ1) is 27.9. The normalized spacial score (nSPS) is 14.1. The van der Waals surface area contributed by atoms with Crippen molar-refractivity contribution in [2.24, 2.45) is 0 Å². The summed E-state index contributed by atoms with van der Waals surface area (Å²) in [7, 11) is 3.01. The molecule has 12 heteroatoms. The molecule has 6 rings (SSSR count). The molecular weight excluding hydrogens is 572 g/mol. The molecule has 11 nitrogen and oxygen atoms in total. The third-order valence-corrected chi connectivity index (χ3v) is 7.55. The molecule has 4 heterocycles. The number of ether oxygens (including phenoxy) is 3. The molecular formula is C31H26N4O7S. The Morgan fingerprint density at radius 3 is 2.56 bits per heavy atom. The van der Waals surface area contributed by atoms with Crippen molar-refractivity contribution < 1.29 is 32.6 Å². The number of imide groups is 1. The number of likely N-dealkylation sites (N-methyl/N-ethyl adjacent to an activating group) is 1. The second-order valence-corrected chi connectivity index (χ2v) is 10.5. The average Bonchev–Trinajstić information content (AvgIpc) is 3.82. The minimum Gasteiger partial charge on any atom is -0.493 e. The highest BCUT2D eigenvalue weighted by Gasteiger charge is 2.32. The molecule has 0 atom stereocenters. The van der Waals surface area contributed by atoms with E-state index in [1.54, 1.807) is 48.5 Å². The summed E-state index contributed by atoms with van der Waals surface area (Å²) in [5.41, 5.74) is 2.82. The molecule has 0 unspecified atom stereocenters. The Morgan fingerprint density at radius 2 is 1.84 bits per heavy atom. The first-order valence-electron chi connectivity index (χ1n) is 13.2. The van der Waals surface area contributed by atoms with Crippen LogP contribution in [-0.4, -0.2) is 45.0 Å². The van der Waals surface area contributed by atoms with Crippen LogP contribution in [0.4, 0.5) is 4.79 Å². The number of hydrogen-bond donors (Lipinski definition) is 0. The maximum Gasteiger partial charge on any atom is 0.293 e. The van der Waals surface area contributed by atoms with Crippen LogP contribution in [0.5, 0.6) is 17.4 Å². The van der Waals surface area contributed by atoms with Crippen LogP contribution in [0, 0.1) is 6.92 Å². The fourth-order valence-corrected chi connectivity index (χ4v) is 5.09. The van der Waals surface area contributed by atoms with E-state index in [1.807, 2.05) is 49.4 Å². The summed E-state index contributed by atoms with van der Waals surface area (Å²) in [4.78, 5) is 30.4. The van der Waals surface area contributed by atoms with E-state index >= 15 is 0 Å². The SMILES string of the molecule is COc1cc(COc2nn(-c3ccccc3)cc2C=C2SC(=O)N(C)C2=O)ccc1OCc1nc(-c2ccco2)oc1C. The van der Waals surface area contributed by atoms with E-state index in [1.165, 1.54) is 7.05 Å². The number of carbonyl (C=O) groups excluding carboxylic acids is 2. The number of rotatable bonds is 10. The minimum atomic E-state index is -0.369. The first-order valence-corrected chi connectivity index (χ1v) is 14.0. The van der Waals surface area contributed by atoms with Crippen molar-refractivity contribution in [3.63, 3.8) is 0 Å². The van der Waals surface area contributed by atoms with Gasteiger partial charge in [0.25, 0.3) is 17.0 Å². The van der Waals surface area contributed by atoms with Crippen molar-refractivity contribution in [1.29, 1.82) is 0 Å². The van der Waals surface area contributed by atoms with Gasteiger partial charge in [-0.15, -0.1) is 5.10 Å². The number of thioether (sulfide) groups is 1. The quantitative estimate of drug-likeness (QED) is 0.170. The molecule has 0 N–H and O–H groups in total. The number of carbonyl (C=O) groups is 2. The van der Waals surface area contributed by atoms with Crippen molar-refractivity contribution in [1.82, 2.24) is 19.7 Å². The first-order chi connectivity index (χ1) is 20.9. The van der Waals surface area contributed by atoms with E-state index in [0.717, 1.165) is 27.9 Å². The molecule has 0 aliphatic carbocycles. The zero-order valence-corrected chi connectivity index (χ0v) is 24.3. The molecule has 0 bridgehead atoms. The van der Waals surface area contributed by atoms with Gasteiger partial charge >= 0.3 is 0 Å². The van der Waals surface area contributed by atoms with Crippen LogP contribution in [0.3, 0.4) is 0 Å². The number of benzene rings is 2. The highest BCUT2D eigenvalue weighted by Crippen LogP contribution is 2.34. The largest absolute Gasteiger partial charge is 0.493 e. The number of nitrogens with zero attached hydrogens (tertiary/aromatic N) is 4. The van der Waals surface area contributed by atoms with E-state index < -0.39 is 0 Å². The molecule has 1 saturated heterocycles. The predicted molar refractivity (Wildman–Crippen MR) is 158 cm³/mol. The lowest BCUT2D eigenvalue weighted by atomic mass is 10.2. The Morgan fingerprint density at radius 1 is 1.00 bits per heavy atom. The predicted octanol–water partition coefficient (Wildman–Crippen LogP) is 6.26. The lowest BCUT2D eigenvalue weighted by Gasteiger charge is -2.12. The van der Waals surface area contributed by atoms with E-state index in [2.05, 4.69) is 10.1 Å². The molecule has 0 radical (unpaired) electrons. The summed E-state index contributed by atoms with van der Waals surface area (Å²) in [6, 6.07) is 18.5. The van der Waals surface area contributed by atoms with Crippen molar-refractivity contribution in [2.75, 3.05) is 14.2 Å². The van der Waals surface area contributed by atoms with E-state index in [-0.39, 0.29) is 24.4 Å². The van der Waals surface area contributed by atoms with Gasteiger partial charge in [0.2, 0.25) is 5.88 Å². The van der Waals surface area contributed by atoms with E-state index in [9.17, 15) is 9.59 Å². The minimum absolute atomic E-state index is 0.160. The maximum atomic E-state index is 12.5. The monoisotopic (exact) mass is 598 g/mol. The van der Waals surface area contributed by atoms with Gasteiger partial charge in [0.15, 0.2) is 17.3 Å². The summed E-state index contributed by atoms with van der Waals surface area (Å²) >= 11 is 0.876. The van der Waals surface area contributed by atoms with Crippen molar-refractivity contribution in [2.45, 2.75) is 20.1 Å². The van der Waals surface area contributed by atoms with Crippen molar-refractivity contribution in [3.8, 4) is 34.7 Å². The Labute approximate surface area is 250 Å². The molecule has 2 aromatic carbocycles. The van der Waals surface area contributed by atoms with Gasteiger partial charge in [0, 0.05) is 13.2 Å². The average molecular weight is 599 g/mol. The highest BCUT2D eigenvalue weighted by molar-refractivity contribution is 8.18. The molecule has 2 amide bonds. The number of aryl methyl sites for hydroxylation is 1. The number of para-hydroxylation sites is 1. The van der Waals surface area contributed by atoms with E-state index in [0.29, 0.717) is 51.0 Å². The van der Waals surface area contributed by atoms with Crippen molar-refractivity contribution in [3.05, 3.63) is 101 Å². The van der Waals surface area contributed by atoms with Crippen LogP contribution in [0.15, 0.2) is 86.9 Å². The number of furan rings is 1. The van der Waals surface area contributed by atoms with Gasteiger partial charge in [0.1, 0.15) is 24.7 Å². The van der Waals surface area contributed by atoms with E-state index in [4.69, 9.17) is 23.0 Å². The smallest absolute Gasteiger partial charge is 0.293 e. The second kappa shape index (κ2) is 11.9. The summed E-state index contributed by atoms with van der Waals surface area (Å²) < 4.78 is 30.5. The maximum absolute atomic E-state index is 12.5. The topological polar surface area (TPSA) is 122 Å². The summed E-state index contributed by atoms with van der Waals surface area (Å²) in [6.45, 7) is 2.15. The van der Waals surface area contributed by atoms with Crippen LogP contribution < -0.4 is 14.2 Å². The Balaban J connectivity index is 1.19.